The number of nitrogens with zero attached hydrogens (tertiary/aromatic N) is 2. The summed E-state index contributed by atoms with van der Waals surface area (Å²) in [5.74, 6) is 1.48. The number of amides is 1. The van der Waals surface area contributed by atoms with Gasteiger partial charge in [0.25, 0.3) is 0 Å². The molecular formula is C19H37IN4O2. The second kappa shape index (κ2) is 13.6. The number of unbranched alkanes of at least 4 members (excludes halogenated alkanes) is 1. The van der Waals surface area contributed by atoms with E-state index in [4.69, 9.17) is 4.74 Å². The Labute approximate surface area is 175 Å². The SMILES string of the molecule is CCCCOCCCNC(=NC)NC1CCN(C(=O)C2CCCC2)C1.I. The molecule has 2 fully saturated rings. The molecular weight excluding hydrogens is 443 g/mol. The first-order valence-electron chi connectivity index (χ1n) is 10.1. The van der Waals surface area contributed by atoms with Crippen molar-refractivity contribution in [1.82, 2.24) is 15.5 Å². The van der Waals surface area contributed by atoms with Gasteiger partial charge in [-0.2, -0.15) is 0 Å². The molecule has 1 saturated heterocycles. The monoisotopic (exact) mass is 480 g/mol. The third-order valence-corrected chi connectivity index (χ3v) is 5.17. The van der Waals surface area contributed by atoms with E-state index in [2.05, 4.69) is 22.5 Å². The Morgan fingerprint density at radius 2 is 1.92 bits per heavy atom. The van der Waals surface area contributed by atoms with Crippen molar-refractivity contribution < 1.29 is 9.53 Å². The number of guanidine groups is 1. The fourth-order valence-electron chi connectivity index (χ4n) is 3.63. The molecule has 7 heteroatoms. The van der Waals surface area contributed by atoms with E-state index < -0.39 is 0 Å². The van der Waals surface area contributed by atoms with Gasteiger partial charge in [0.1, 0.15) is 0 Å². The summed E-state index contributed by atoms with van der Waals surface area (Å²) in [4.78, 5) is 18.8. The van der Waals surface area contributed by atoms with Crippen LogP contribution in [0.4, 0.5) is 0 Å². The van der Waals surface area contributed by atoms with Gasteiger partial charge >= 0.3 is 0 Å². The van der Waals surface area contributed by atoms with Gasteiger partial charge in [-0.05, 0) is 32.1 Å². The van der Waals surface area contributed by atoms with Crippen LogP contribution in [0.15, 0.2) is 4.99 Å². The van der Waals surface area contributed by atoms with E-state index in [9.17, 15) is 4.79 Å². The molecule has 0 aromatic heterocycles. The number of carbonyl (C=O) groups is 1. The van der Waals surface area contributed by atoms with Crippen LogP contribution in [-0.2, 0) is 9.53 Å². The molecule has 1 heterocycles. The maximum absolute atomic E-state index is 12.5. The van der Waals surface area contributed by atoms with Gasteiger partial charge in [-0.25, -0.2) is 0 Å². The van der Waals surface area contributed by atoms with E-state index in [1.807, 2.05) is 4.90 Å². The van der Waals surface area contributed by atoms with Crippen molar-refractivity contribution >= 4 is 35.8 Å². The summed E-state index contributed by atoms with van der Waals surface area (Å²) in [6.07, 6.45) is 8.87. The molecule has 1 aliphatic heterocycles. The van der Waals surface area contributed by atoms with Gasteiger partial charge in [0.15, 0.2) is 5.96 Å². The van der Waals surface area contributed by atoms with Gasteiger partial charge in [-0.1, -0.05) is 26.2 Å². The van der Waals surface area contributed by atoms with Gasteiger partial charge < -0.3 is 20.3 Å². The van der Waals surface area contributed by atoms with E-state index in [0.717, 1.165) is 70.9 Å². The number of ether oxygens (including phenoxy) is 1. The zero-order valence-corrected chi connectivity index (χ0v) is 18.8. The average molecular weight is 480 g/mol. The van der Waals surface area contributed by atoms with Gasteiger partial charge in [-0.3, -0.25) is 9.79 Å². The van der Waals surface area contributed by atoms with Crippen LogP contribution >= 0.6 is 24.0 Å². The Hall–Kier alpha value is -0.570. The molecule has 152 valence electrons. The normalized spacial score (nSPS) is 20.9. The molecule has 2 aliphatic rings. The fraction of sp³-hybridized carbons (Fsp3) is 0.895. The molecule has 2 rings (SSSR count). The zero-order chi connectivity index (χ0) is 17.9. The molecule has 0 aromatic carbocycles. The lowest BCUT2D eigenvalue weighted by Crippen LogP contribution is -2.45. The number of halogens is 1. The highest BCUT2D eigenvalue weighted by Gasteiger charge is 2.32. The van der Waals surface area contributed by atoms with Gasteiger partial charge in [0.2, 0.25) is 5.91 Å². The van der Waals surface area contributed by atoms with E-state index >= 15 is 0 Å². The van der Waals surface area contributed by atoms with Crippen LogP contribution in [0.5, 0.6) is 0 Å². The lowest BCUT2D eigenvalue weighted by molar-refractivity contribution is -0.134. The predicted molar refractivity (Wildman–Crippen MR) is 117 cm³/mol. The van der Waals surface area contributed by atoms with E-state index in [0.29, 0.717) is 11.9 Å². The minimum absolute atomic E-state index is 0. The standard InChI is InChI=1S/C19H36N4O2.HI/c1-3-4-13-25-14-7-11-21-19(20-2)22-17-10-12-23(15-17)18(24)16-8-5-6-9-16;/h16-17H,3-15H2,1-2H3,(H2,20,21,22);1H. The lowest BCUT2D eigenvalue weighted by atomic mass is 10.1. The number of aliphatic imine (C=N–C) groups is 1. The predicted octanol–water partition coefficient (Wildman–Crippen LogP) is 2.77. The summed E-state index contributed by atoms with van der Waals surface area (Å²) in [5, 5.41) is 6.80. The maximum atomic E-state index is 12.5. The van der Waals surface area contributed by atoms with Crippen LogP contribution in [-0.4, -0.2) is 62.7 Å². The first-order chi connectivity index (χ1) is 12.2. The summed E-state index contributed by atoms with van der Waals surface area (Å²) in [5.41, 5.74) is 0. The van der Waals surface area contributed by atoms with Gasteiger partial charge in [0, 0.05) is 51.9 Å². The molecule has 0 radical (unpaired) electrons. The summed E-state index contributed by atoms with van der Waals surface area (Å²) >= 11 is 0. The van der Waals surface area contributed by atoms with E-state index in [1.165, 1.54) is 19.3 Å². The van der Waals surface area contributed by atoms with Gasteiger partial charge in [-0.15, -0.1) is 24.0 Å². The molecule has 0 bridgehead atoms. The van der Waals surface area contributed by atoms with E-state index in [1.54, 1.807) is 7.05 Å². The maximum Gasteiger partial charge on any atom is 0.225 e. The minimum atomic E-state index is 0. The van der Waals surface area contributed by atoms with Gasteiger partial charge in [0.05, 0.1) is 0 Å². The van der Waals surface area contributed by atoms with Crippen molar-refractivity contribution in [2.24, 2.45) is 10.9 Å². The van der Waals surface area contributed by atoms with Crippen LogP contribution in [0.1, 0.15) is 58.3 Å². The van der Waals surface area contributed by atoms with Crippen molar-refractivity contribution in [2.75, 3.05) is 39.9 Å². The number of hydrogen-bond donors (Lipinski definition) is 2. The third-order valence-electron chi connectivity index (χ3n) is 5.17. The van der Waals surface area contributed by atoms with Crippen molar-refractivity contribution in [2.45, 2.75) is 64.3 Å². The Kier molecular flexibility index (Phi) is 12.3. The number of likely N-dealkylation sites (tertiary alicyclic amines) is 1. The van der Waals surface area contributed by atoms with Crippen LogP contribution in [0, 0.1) is 5.92 Å². The molecule has 1 unspecified atom stereocenters. The fourth-order valence-corrected chi connectivity index (χ4v) is 3.63. The molecule has 1 aliphatic carbocycles. The molecule has 1 atom stereocenters. The second-order valence-electron chi connectivity index (χ2n) is 7.21. The highest BCUT2D eigenvalue weighted by atomic mass is 127. The van der Waals surface area contributed by atoms with Crippen molar-refractivity contribution in [1.29, 1.82) is 0 Å². The highest BCUT2D eigenvalue weighted by Crippen LogP contribution is 2.27. The van der Waals surface area contributed by atoms with Crippen LogP contribution in [0.2, 0.25) is 0 Å². The topological polar surface area (TPSA) is 66.0 Å². The Morgan fingerprint density at radius 1 is 1.19 bits per heavy atom. The Bertz CT molecular complexity index is 428. The molecule has 6 nitrogen and oxygen atoms in total. The van der Waals surface area contributed by atoms with Crippen molar-refractivity contribution in [3.05, 3.63) is 0 Å². The highest BCUT2D eigenvalue weighted by molar-refractivity contribution is 14.0. The Balaban J connectivity index is 0.00000338. The minimum Gasteiger partial charge on any atom is -0.381 e. The molecule has 0 spiro atoms. The zero-order valence-electron chi connectivity index (χ0n) is 16.5. The van der Waals surface area contributed by atoms with Crippen molar-refractivity contribution in [3.63, 3.8) is 0 Å². The summed E-state index contributed by atoms with van der Waals surface area (Å²) in [6.45, 7) is 6.34. The third kappa shape index (κ3) is 7.98. The molecule has 0 aromatic rings. The first kappa shape index (κ1) is 23.5. The Morgan fingerprint density at radius 3 is 2.62 bits per heavy atom. The molecule has 26 heavy (non-hydrogen) atoms. The van der Waals surface area contributed by atoms with Crippen LogP contribution < -0.4 is 10.6 Å². The summed E-state index contributed by atoms with van der Waals surface area (Å²) in [7, 11) is 1.80. The van der Waals surface area contributed by atoms with Crippen LogP contribution in [0.3, 0.4) is 0 Å². The van der Waals surface area contributed by atoms with E-state index in [-0.39, 0.29) is 29.9 Å². The number of rotatable bonds is 9. The molecule has 2 N–H and O–H groups in total. The van der Waals surface area contributed by atoms with Crippen LogP contribution in [0.25, 0.3) is 0 Å². The number of hydrogen-bond acceptors (Lipinski definition) is 3. The van der Waals surface area contributed by atoms with Crippen molar-refractivity contribution in [3.8, 4) is 0 Å². The lowest BCUT2D eigenvalue weighted by Gasteiger charge is -2.21. The number of nitrogens with one attached hydrogen (secondary N) is 2. The molecule has 1 saturated carbocycles. The summed E-state index contributed by atoms with van der Waals surface area (Å²) in [6, 6.07) is 0.303. The average Bonchev–Trinajstić information content (AvgIpc) is 3.31. The largest absolute Gasteiger partial charge is 0.381 e. The first-order valence-corrected chi connectivity index (χ1v) is 10.1. The second-order valence-corrected chi connectivity index (χ2v) is 7.21. The summed E-state index contributed by atoms with van der Waals surface area (Å²) < 4.78 is 5.57. The smallest absolute Gasteiger partial charge is 0.225 e. The number of carbonyl (C=O) groups excluding carboxylic acids is 1. The quantitative estimate of drug-likeness (QED) is 0.231. The molecule has 1 amide bonds.